The lowest BCUT2D eigenvalue weighted by molar-refractivity contribution is -0.129. The van der Waals surface area contributed by atoms with Crippen LogP contribution in [0.1, 0.15) is 35.5 Å². The Bertz CT molecular complexity index is 1400. The highest BCUT2D eigenvalue weighted by Gasteiger charge is 2.44. The second-order valence-corrected chi connectivity index (χ2v) is 9.57. The number of ether oxygens (including phenoxy) is 3. The van der Waals surface area contributed by atoms with Crippen molar-refractivity contribution in [2.45, 2.75) is 19.4 Å². The van der Waals surface area contributed by atoms with Gasteiger partial charge in [-0.3, -0.25) is 9.59 Å². The molecule has 1 unspecified atom stereocenters. The molecule has 1 N–H and O–H groups in total. The number of hydrogen-bond donors (Lipinski definition) is 1. The molecule has 2 heterocycles. The zero-order valence-electron chi connectivity index (χ0n) is 22.0. The lowest BCUT2D eigenvalue weighted by Crippen LogP contribution is -2.33. The lowest BCUT2D eigenvalue weighted by Gasteiger charge is -2.27. The monoisotopic (exact) mass is 542 g/mol. The van der Waals surface area contributed by atoms with Crippen LogP contribution in [-0.4, -0.2) is 74.6 Å². The van der Waals surface area contributed by atoms with Gasteiger partial charge in [0.2, 0.25) is 5.78 Å². The van der Waals surface area contributed by atoms with E-state index in [-0.39, 0.29) is 11.3 Å². The maximum atomic E-state index is 13.9. The minimum absolute atomic E-state index is 0.0482. The number of rotatable bonds is 11. The van der Waals surface area contributed by atoms with Crippen LogP contribution in [0.3, 0.4) is 0 Å². The minimum atomic E-state index is -0.861. The summed E-state index contributed by atoms with van der Waals surface area (Å²) in [6.07, 6.45) is 0.637. The van der Waals surface area contributed by atoms with E-state index < -0.39 is 23.5 Å². The van der Waals surface area contributed by atoms with E-state index in [1.54, 1.807) is 30.3 Å². The Morgan fingerprint density at radius 3 is 2.50 bits per heavy atom. The third-order valence-electron chi connectivity index (χ3n) is 6.35. The summed E-state index contributed by atoms with van der Waals surface area (Å²) in [5.74, 6) is -0.544. The summed E-state index contributed by atoms with van der Waals surface area (Å²) in [5.41, 5.74) is 0.856. The number of aliphatic hydroxyl groups is 1. The number of carbonyl (C=O) groups excluding carboxylic acids is 2. The topological polar surface area (TPSA) is 102 Å². The minimum Gasteiger partial charge on any atom is -0.503 e. The molecular weight excluding hydrogens is 512 g/mol. The van der Waals surface area contributed by atoms with E-state index in [0.717, 1.165) is 6.54 Å². The Kier molecular flexibility index (Phi) is 8.18. The van der Waals surface area contributed by atoms with Gasteiger partial charge in [0.15, 0.2) is 34.4 Å². The number of furan rings is 1. The van der Waals surface area contributed by atoms with E-state index in [0.29, 0.717) is 58.4 Å². The van der Waals surface area contributed by atoms with E-state index in [2.05, 4.69) is 0 Å². The Hall–Kier alpha value is -3.69. The molecule has 1 atom stereocenters. The van der Waals surface area contributed by atoms with Crippen molar-refractivity contribution in [3.63, 3.8) is 0 Å². The molecule has 0 saturated carbocycles. The molecule has 1 aliphatic rings. The first kappa shape index (κ1) is 27.3. The highest BCUT2D eigenvalue weighted by Crippen LogP contribution is 2.43. The number of aliphatic hydroxyl groups excluding tert-OH is 1. The van der Waals surface area contributed by atoms with Crippen molar-refractivity contribution in [1.82, 2.24) is 9.80 Å². The third-order valence-corrected chi connectivity index (χ3v) is 6.56. The van der Waals surface area contributed by atoms with E-state index in [9.17, 15) is 14.7 Å². The fraction of sp³-hybridized carbons (Fsp3) is 0.357. The van der Waals surface area contributed by atoms with Gasteiger partial charge in [-0.05, 0) is 63.8 Å². The normalized spacial score (nSPS) is 15.6. The number of nitrogens with zero attached hydrogens (tertiary/aromatic N) is 2. The van der Waals surface area contributed by atoms with Crippen LogP contribution in [0.5, 0.6) is 17.2 Å². The summed E-state index contributed by atoms with van der Waals surface area (Å²) < 4.78 is 22.4. The van der Waals surface area contributed by atoms with Crippen LogP contribution in [0.25, 0.3) is 11.0 Å². The average Bonchev–Trinajstić information content (AvgIpc) is 3.42. The summed E-state index contributed by atoms with van der Waals surface area (Å²) in [6.45, 7) is 3.35. The van der Waals surface area contributed by atoms with Gasteiger partial charge in [-0.2, -0.15) is 0 Å². The van der Waals surface area contributed by atoms with Gasteiger partial charge in [0.1, 0.15) is 0 Å². The van der Waals surface area contributed by atoms with Crippen LogP contribution >= 0.6 is 11.6 Å². The van der Waals surface area contributed by atoms with Crippen molar-refractivity contribution in [3.05, 3.63) is 64.1 Å². The third kappa shape index (κ3) is 5.16. The van der Waals surface area contributed by atoms with Gasteiger partial charge >= 0.3 is 0 Å². The number of carbonyl (C=O) groups is 2. The molecule has 202 valence electrons. The molecule has 4 rings (SSSR count). The van der Waals surface area contributed by atoms with E-state index in [1.165, 1.54) is 25.2 Å². The Labute approximate surface area is 226 Å². The standard InChI is InChI=1S/C28H31ClN2O7/c1-6-37-19-9-8-16(13-20(19)35-4)24-23(26(33)28(34)31(24)11-7-10-30(2)3)25(32)21-14-17-12-18(29)15-22(36-5)27(17)38-21/h8-9,12-15,24,33H,6-7,10-11H2,1-5H3. The predicted octanol–water partition coefficient (Wildman–Crippen LogP) is 5.03. The molecule has 0 bridgehead atoms. The van der Waals surface area contributed by atoms with E-state index in [1.807, 2.05) is 25.9 Å². The zero-order chi connectivity index (χ0) is 27.6. The summed E-state index contributed by atoms with van der Waals surface area (Å²) in [4.78, 5) is 30.6. The molecular formula is C28H31ClN2O7. The Balaban J connectivity index is 1.80. The molecule has 0 saturated heterocycles. The van der Waals surface area contributed by atoms with Crippen LogP contribution < -0.4 is 14.2 Å². The van der Waals surface area contributed by atoms with Gasteiger partial charge in [-0.25, -0.2) is 0 Å². The van der Waals surface area contributed by atoms with E-state index >= 15 is 0 Å². The van der Waals surface area contributed by atoms with Gasteiger partial charge in [0, 0.05) is 23.0 Å². The zero-order valence-corrected chi connectivity index (χ0v) is 22.8. The first-order valence-electron chi connectivity index (χ1n) is 12.2. The number of benzene rings is 2. The fourth-order valence-electron chi connectivity index (χ4n) is 4.63. The molecule has 0 aliphatic carbocycles. The van der Waals surface area contributed by atoms with Crippen molar-refractivity contribution in [2.24, 2.45) is 0 Å². The van der Waals surface area contributed by atoms with Crippen LogP contribution in [0.2, 0.25) is 5.02 Å². The number of Topliss-reactive ketones (excluding diaryl/α,β-unsaturated/α-hetero) is 1. The van der Waals surface area contributed by atoms with Gasteiger partial charge in [0.25, 0.3) is 5.91 Å². The van der Waals surface area contributed by atoms with Crippen LogP contribution in [0.15, 0.2) is 52.1 Å². The second kappa shape index (κ2) is 11.4. The average molecular weight is 543 g/mol. The Morgan fingerprint density at radius 1 is 1.11 bits per heavy atom. The second-order valence-electron chi connectivity index (χ2n) is 9.13. The molecule has 0 fully saturated rings. The van der Waals surface area contributed by atoms with Crippen molar-refractivity contribution in [1.29, 1.82) is 0 Å². The molecule has 0 radical (unpaired) electrons. The summed E-state index contributed by atoms with van der Waals surface area (Å²) in [5, 5.41) is 12.0. The smallest absolute Gasteiger partial charge is 0.290 e. The van der Waals surface area contributed by atoms with E-state index in [4.69, 9.17) is 30.2 Å². The lowest BCUT2D eigenvalue weighted by atomic mass is 9.94. The molecule has 1 aromatic heterocycles. The molecule has 9 nitrogen and oxygen atoms in total. The maximum Gasteiger partial charge on any atom is 0.290 e. The van der Waals surface area contributed by atoms with Crippen molar-refractivity contribution < 1.29 is 33.3 Å². The molecule has 38 heavy (non-hydrogen) atoms. The number of fused-ring (bicyclic) bond motifs is 1. The van der Waals surface area contributed by atoms with Gasteiger partial charge in [0.05, 0.1) is 32.4 Å². The molecule has 10 heteroatoms. The highest BCUT2D eigenvalue weighted by molar-refractivity contribution is 6.31. The van der Waals surface area contributed by atoms with Crippen LogP contribution in [0, 0.1) is 0 Å². The van der Waals surface area contributed by atoms with Gasteiger partial charge in [-0.15, -0.1) is 0 Å². The van der Waals surface area contributed by atoms with Gasteiger partial charge < -0.3 is 33.5 Å². The number of methoxy groups -OCH3 is 2. The van der Waals surface area contributed by atoms with Gasteiger partial charge in [-0.1, -0.05) is 17.7 Å². The summed E-state index contributed by atoms with van der Waals surface area (Å²) in [6, 6.07) is 9.11. The fourth-order valence-corrected chi connectivity index (χ4v) is 4.85. The number of ketones is 1. The molecule has 1 amide bonds. The van der Waals surface area contributed by atoms with Crippen LogP contribution in [-0.2, 0) is 4.79 Å². The molecule has 3 aromatic rings. The summed E-state index contributed by atoms with van der Waals surface area (Å²) in [7, 11) is 6.86. The Morgan fingerprint density at radius 2 is 1.84 bits per heavy atom. The number of halogens is 1. The number of hydrogen-bond acceptors (Lipinski definition) is 8. The van der Waals surface area contributed by atoms with Crippen LogP contribution in [0.4, 0.5) is 0 Å². The molecule has 0 spiro atoms. The van der Waals surface area contributed by atoms with Crippen molar-refractivity contribution in [3.8, 4) is 17.2 Å². The first-order chi connectivity index (χ1) is 18.2. The highest BCUT2D eigenvalue weighted by atomic mass is 35.5. The quantitative estimate of drug-likeness (QED) is 0.337. The van der Waals surface area contributed by atoms with Crippen molar-refractivity contribution in [2.75, 3.05) is 48.0 Å². The largest absolute Gasteiger partial charge is 0.503 e. The SMILES string of the molecule is CCOc1ccc(C2C(C(=O)c3cc4cc(Cl)cc(OC)c4o3)=C(O)C(=O)N2CCCN(C)C)cc1OC. The first-order valence-corrected chi connectivity index (χ1v) is 12.6. The maximum absolute atomic E-state index is 13.9. The molecule has 1 aliphatic heterocycles. The predicted molar refractivity (Wildman–Crippen MR) is 144 cm³/mol. The molecule has 2 aromatic carbocycles. The summed E-state index contributed by atoms with van der Waals surface area (Å²) >= 11 is 6.18. The number of amides is 1. The van der Waals surface area contributed by atoms with Crippen molar-refractivity contribution >= 4 is 34.3 Å².